The Balaban J connectivity index is 2.40. The molecule has 4 heteroatoms. The van der Waals surface area contributed by atoms with Gasteiger partial charge in [0.2, 0.25) is 0 Å². The maximum Gasteiger partial charge on any atom is 0.0527 e. The highest BCUT2D eigenvalue weighted by molar-refractivity contribution is 7.99. The van der Waals surface area contributed by atoms with Crippen LogP contribution in [0, 0.1) is 11.3 Å². The SMILES string of the molecule is CC[Si](CC)(CC)CCCSCCC1(CCS)CCCCC1CCS. The predicted octanol–water partition coefficient (Wildman–Crippen LogP) is 7.82. The number of rotatable bonds is 14. The molecule has 0 aromatic rings. The quantitative estimate of drug-likeness (QED) is 0.164. The molecule has 0 radical (unpaired) electrons. The highest BCUT2D eigenvalue weighted by atomic mass is 32.2. The van der Waals surface area contributed by atoms with E-state index in [0.717, 1.165) is 17.4 Å². The predicted molar refractivity (Wildman–Crippen MR) is 130 cm³/mol. The fourth-order valence-corrected chi connectivity index (χ4v) is 10.8. The van der Waals surface area contributed by atoms with Gasteiger partial charge in [-0.15, -0.1) is 0 Å². The minimum atomic E-state index is -0.891. The minimum Gasteiger partial charge on any atom is -0.179 e. The molecule has 0 aliphatic heterocycles. The first-order valence-corrected chi connectivity index (χ1v) is 16.2. The van der Waals surface area contributed by atoms with Crippen LogP contribution < -0.4 is 0 Å². The highest BCUT2D eigenvalue weighted by Crippen LogP contribution is 2.49. The standard InChI is InChI=1S/C21H44S3Si/c1-4-25(5-2,6-3)19-9-17-24-18-14-21(13-16-23)12-8-7-10-20(21)11-15-22/h20,22-23H,4-19H2,1-3H3. The summed E-state index contributed by atoms with van der Waals surface area (Å²) in [6.45, 7) is 7.33. The van der Waals surface area contributed by atoms with E-state index in [-0.39, 0.29) is 0 Å². The zero-order valence-corrected chi connectivity index (χ0v) is 20.8. The molecule has 0 nitrogen and oxygen atoms in total. The number of hydrogen-bond donors (Lipinski definition) is 2. The third-order valence-electron chi connectivity index (χ3n) is 7.42. The summed E-state index contributed by atoms with van der Waals surface area (Å²) in [5.74, 6) is 5.79. The van der Waals surface area contributed by atoms with Crippen molar-refractivity contribution in [2.24, 2.45) is 11.3 Å². The number of thiol groups is 2. The van der Waals surface area contributed by atoms with Crippen molar-refractivity contribution in [2.75, 3.05) is 23.0 Å². The highest BCUT2D eigenvalue weighted by Gasteiger charge is 2.38. The summed E-state index contributed by atoms with van der Waals surface area (Å²) in [5.41, 5.74) is 0.588. The summed E-state index contributed by atoms with van der Waals surface area (Å²) >= 11 is 11.4. The van der Waals surface area contributed by atoms with Crippen molar-refractivity contribution in [2.45, 2.75) is 96.3 Å². The van der Waals surface area contributed by atoms with Crippen molar-refractivity contribution in [1.82, 2.24) is 0 Å². The van der Waals surface area contributed by atoms with Gasteiger partial charge in [-0.1, -0.05) is 57.8 Å². The van der Waals surface area contributed by atoms with E-state index >= 15 is 0 Å². The van der Waals surface area contributed by atoms with E-state index < -0.39 is 8.07 Å². The molecule has 1 rings (SSSR count). The van der Waals surface area contributed by atoms with Crippen LogP contribution in [-0.2, 0) is 0 Å². The lowest BCUT2D eigenvalue weighted by Gasteiger charge is -2.45. The molecule has 25 heavy (non-hydrogen) atoms. The van der Waals surface area contributed by atoms with E-state index in [0.29, 0.717) is 5.41 Å². The van der Waals surface area contributed by atoms with Crippen LogP contribution in [0.2, 0.25) is 24.2 Å². The maximum atomic E-state index is 4.61. The van der Waals surface area contributed by atoms with Gasteiger partial charge in [-0.2, -0.15) is 37.0 Å². The molecule has 1 fully saturated rings. The smallest absolute Gasteiger partial charge is 0.0527 e. The second-order valence-electron chi connectivity index (χ2n) is 8.32. The average Bonchev–Trinajstić information content (AvgIpc) is 2.64. The zero-order chi connectivity index (χ0) is 18.6. The Morgan fingerprint density at radius 3 is 2.28 bits per heavy atom. The maximum absolute atomic E-state index is 4.61. The average molecular weight is 421 g/mol. The molecule has 0 bridgehead atoms. The fraction of sp³-hybridized carbons (Fsp3) is 1.00. The van der Waals surface area contributed by atoms with Crippen molar-refractivity contribution in [3.05, 3.63) is 0 Å². The van der Waals surface area contributed by atoms with E-state index in [4.69, 9.17) is 0 Å². The molecule has 0 heterocycles. The Hall–Kier alpha value is 1.27. The molecule has 0 amide bonds. The van der Waals surface area contributed by atoms with Gasteiger partial charge in [-0.25, -0.2) is 0 Å². The first-order valence-electron chi connectivity index (χ1n) is 10.9. The lowest BCUT2D eigenvalue weighted by molar-refractivity contribution is 0.0834. The van der Waals surface area contributed by atoms with Gasteiger partial charge in [-0.05, 0) is 72.9 Å². The second kappa shape index (κ2) is 13.4. The Bertz CT molecular complexity index is 319. The molecule has 0 spiro atoms. The van der Waals surface area contributed by atoms with Crippen molar-refractivity contribution in [3.63, 3.8) is 0 Å². The molecule has 0 aromatic carbocycles. The second-order valence-corrected chi connectivity index (χ2v) is 16.1. The zero-order valence-electron chi connectivity index (χ0n) is 17.2. The van der Waals surface area contributed by atoms with Crippen molar-refractivity contribution in [3.8, 4) is 0 Å². The Kier molecular flexibility index (Phi) is 13.1. The van der Waals surface area contributed by atoms with Crippen molar-refractivity contribution >= 4 is 45.1 Å². The molecular formula is C21H44S3Si. The van der Waals surface area contributed by atoms with Gasteiger partial charge in [-0.3, -0.25) is 0 Å². The molecule has 1 aliphatic rings. The van der Waals surface area contributed by atoms with Crippen LogP contribution in [0.3, 0.4) is 0 Å². The lowest BCUT2D eigenvalue weighted by Crippen LogP contribution is -2.35. The Labute approximate surface area is 175 Å². The van der Waals surface area contributed by atoms with Crippen LogP contribution in [0.15, 0.2) is 0 Å². The number of thioether (sulfide) groups is 1. The van der Waals surface area contributed by atoms with E-state index in [1.54, 1.807) is 6.04 Å². The van der Waals surface area contributed by atoms with E-state index in [1.807, 2.05) is 0 Å². The van der Waals surface area contributed by atoms with Gasteiger partial charge < -0.3 is 0 Å². The van der Waals surface area contributed by atoms with Crippen LogP contribution in [-0.4, -0.2) is 31.1 Å². The van der Waals surface area contributed by atoms with Gasteiger partial charge in [0.05, 0.1) is 8.07 Å². The molecule has 2 atom stereocenters. The van der Waals surface area contributed by atoms with Gasteiger partial charge in [0.15, 0.2) is 0 Å². The molecule has 1 saturated carbocycles. The summed E-state index contributed by atoms with van der Waals surface area (Å²) in [6, 6.07) is 6.02. The molecule has 0 N–H and O–H groups in total. The molecular weight excluding hydrogens is 377 g/mol. The van der Waals surface area contributed by atoms with Crippen molar-refractivity contribution < 1.29 is 0 Å². The van der Waals surface area contributed by atoms with Crippen molar-refractivity contribution in [1.29, 1.82) is 0 Å². The van der Waals surface area contributed by atoms with Gasteiger partial charge in [0, 0.05) is 0 Å². The van der Waals surface area contributed by atoms with E-state index in [1.165, 1.54) is 81.0 Å². The molecule has 1 aliphatic carbocycles. The molecule has 0 saturated heterocycles. The first-order chi connectivity index (χ1) is 12.1. The van der Waals surface area contributed by atoms with Crippen LogP contribution >= 0.6 is 37.0 Å². The van der Waals surface area contributed by atoms with Gasteiger partial charge in [0.1, 0.15) is 0 Å². The summed E-state index contributed by atoms with van der Waals surface area (Å²) in [7, 11) is -0.891. The first kappa shape index (κ1) is 24.3. The van der Waals surface area contributed by atoms with Crippen LogP contribution in [0.4, 0.5) is 0 Å². The summed E-state index contributed by atoms with van der Waals surface area (Å²) < 4.78 is 0. The topological polar surface area (TPSA) is 0 Å². The van der Waals surface area contributed by atoms with E-state index in [9.17, 15) is 0 Å². The summed E-state index contributed by atoms with van der Waals surface area (Å²) in [6.07, 6.45) is 11.3. The van der Waals surface area contributed by atoms with Crippen LogP contribution in [0.5, 0.6) is 0 Å². The third-order valence-corrected chi connectivity index (χ3v) is 14.9. The fourth-order valence-electron chi connectivity index (χ4n) is 5.20. The van der Waals surface area contributed by atoms with Crippen LogP contribution in [0.25, 0.3) is 0 Å². The van der Waals surface area contributed by atoms with Gasteiger partial charge in [0.25, 0.3) is 0 Å². The lowest BCUT2D eigenvalue weighted by atomic mass is 9.62. The summed E-state index contributed by atoms with van der Waals surface area (Å²) in [4.78, 5) is 0. The van der Waals surface area contributed by atoms with E-state index in [2.05, 4.69) is 57.8 Å². The Morgan fingerprint density at radius 1 is 0.960 bits per heavy atom. The molecule has 2 unspecified atom stereocenters. The largest absolute Gasteiger partial charge is 0.179 e. The third kappa shape index (κ3) is 7.66. The molecule has 0 aromatic heterocycles. The molecule has 150 valence electrons. The minimum absolute atomic E-state index is 0.588. The van der Waals surface area contributed by atoms with Crippen LogP contribution in [0.1, 0.15) is 72.1 Å². The Morgan fingerprint density at radius 2 is 1.68 bits per heavy atom. The number of hydrogen-bond acceptors (Lipinski definition) is 3. The van der Waals surface area contributed by atoms with Gasteiger partial charge >= 0.3 is 0 Å². The normalized spacial score (nSPS) is 24.6. The monoisotopic (exact) mass is 420 g/mol. The summed E-state index contributed by atoms with van der Waals surface area (Å²) in [5, 5.41) is 0.